The topological polar surface area (TPSA) is 76.7 Å². The van der Waals surface area contributed by atoms with Crippen molar-refractivity contribution in [2.45, 2.75) is 134 Å². The molecule has 0 amide bonds. The van der Waals surface area contributed by atoms with Crippen molar-refractivity contribution in [3.8, 4) is 0 Å². The number of piperidine rings is 2. The second-order valence-corrected chi connectivity index (χ2v) is 13.2. The summed E-state index contributed by atoms with van der Waals surface area (Å²) in [7, 11) is -0.213. The van der Waals surface area contributed by atoms with Crippen molar-refractivity contribution in [2.75, 3.05) is 0 Å². The number of nitrogens with one attached hydrogen (secondary N) is 2. The van der Waals surface area contributed by atoms with Gasteiger partial charge in [-0.1, -0.05) is 6.92 Å². The molecule has 0 aliphatic carbocycles. The van der Waals surface area contributed by atoms with E-state index in [1.54, 1.807) is 0 Å². The molecule has 2 saturated heterocycles. The summed E-state index contributed by atoms with van der Waals surface area (Å²) in [4.78, 5) is 25.5. The third kappa shape index (κ3) is 7.76. The first-order chi connectivity index (χ1) is 13.5. The van der Waals surface area contributed by atoms with Gasteiger partial charge in [0.2, 0.25) is 0 Å². The minimum atomic E-state index is -0.429. The summed E-state index contributed by atoms with van der Waals surface area (Å²) in [5.74, 6) is -0.266. The summed E-state index contributed by atoms with van der Waals surface area (Å²) in [5.41, 5.74) is -1.07. The molecule has 0 saturated carbocycles. The Labute approximate surface area is 184 Å². The SMILES string of the molecule is CCC(PC(=O)OC1CC(C)(C)NC(C)(C)C1)C(=O)OC1CC(C)(C)NC(C)(C)C1. The van der Waals surface area contributed by atoms with Crippen molar-refractivity contribution in [3.63, 3.8) is 0 Å². The summed E-state index contributed by atoms with van der Waals surface area (Å²) < 4.78 is 11.7. The highest BCUT2D eigenvalue weighted by molar-refractivity contribution is 7.58. The highest BCUT2D eigenvalue weighted by Gasteiger charge is 2.41. The van der Waals surface area contributed by atoms with E-state index in [0.29, 0.717) is 6.42 Å². The summed E-state index contributed by atoms with van der Waals surface area (Å²) in [6.45, 7) is 19.0. The number of carbonyl (C=O) groups is 2. The van der Waals surface area contributed by atoms with Gasteiger partial charge < -0.3 is 20.1 Å². The zero-order valence-corrected chi connectivity index (χ0v) is 21.4. The Hall–Kier alpha value is -0.710. The van der Waals surface area contributed by atoms with Gasteiger partial charge in [0.05, 0.1) is 5.66 Å². The van der Waals surface area contributed by atoms with E-state index < -0.39 is 5.66 Å². The Morgan fingerprint density at radius 3 is 1.53 bits per heavy atom. The van der Waals surface area contributed by atoms with Crippen LogP contribution in [0.4, 0.5) is 4.79 Å². The number of carbonyl (C=O) groups excluding carboxylic acids is 2. The lowest BCUT2D eigenvalue weighted by Crippen LogP contribution is -2.60. The molecular formula is C23H43N2O4P. The van der Waals surface area contributed by atoms with Crippen LogP contribution in [0.15, 0.2) is 0 Å². The molecule has 0 aromatic heterocycles. The van der Waals surface area contributed by atoms with Gasteiger partial charge >= 0.3 is 11.7 Å². The molecule has 2 unspecified atom stereocenters. The highest BCUT2D eigenvalue weighted by Crippen LogP contribution is 2.35. The van der Waals surface area contributed by atoms with Gasteiger partial charge in [0.15, 0.2) is 0 Å². The Balaban J connectivity index is 1.92. The van der Waals surface area contributed by atoms with Crippen LogP contribution in [-0.2, 0) is 14.3 Å². The maximum absolute atomic E-state index is 12.8. The molecule has 2 fully saturated rings. The summed E-state index contributed by atoms with van der Waals surface area (Å²) in [6, 6.07) is 0. The van der Waals surface area contributed by atoms with Gasteiger partial charge in [-0.3, -0.25) is 4.79 Å². The van der Waals surface area contributed by atoms with Gasteiger partial charge in [-0.25, -0.2) is 4.79 Å². The predicted octanol–water partition coefficient (Wildman–Crippen LogP) is 4.74. The highest BCUT2D eigenvalue weighted by atomic mass is 31.1. The van der Waals surface area contributed by atoms with Crippen LogP contribution in [0.1, 0.15) is 94.4 Å². The van der Waals surface area contributed by atoms with E-state index in [9.17, 15) is 9.59 Å². The molecule has 0 radical (unpaired) electrons. The number of rotatable bonds is 6. The molecule has 2 rings (SSSR count). The van der Waals surface area contributed by atoms with Crippen LogP contribution >= 0.6 is 8.58 Å². The molecular weight excluding hydrogens is 399 g/mol. The van der Waals surface area contributed by atoms with Crippen molar-refractivity contribution in [1.82, 2.24) is 10.6 Å². The van der Waals surface area contributed by atoms with Crippen LogP contribution in [0.5, 0.6) is 0 Å². The van der Waals surface area contributed by atoms with Crippen LogP contribution in [-0.4, -0.2) is 51.7 Å². The molecule has 0 bridgehead atoms. The smallest absolute Gasteiger partial charge is 0.324 e. The standard InChI is InChI=1S/C23H43N2O4P/c1-10-17(18(26)28-15-11-20(2,3)24-21(4,5)12-15)30-19(27)29-16-13-22(6,7)25-23(8,9)14-16/h15-17,24-25,30H,10-14H2,1-9H3. The van der Waals surface area contributed by atoms with E-state index >= 15 is 0 Å². The van der Waals surface area contributed by atoms with Crippen molar-refractivity contribution >= 4 is 20.3 Å². The number of esters is 1. The van der Waals surface area contributed by atoms with E-state index in [-0.39, 0.29) is 54.6 Å². The number of hydrogen-bond acceptors (Lipinski definition) is 6. The third-order valence-electron chi connectivity index (χ3n) is 5.85. The fraction of sp³-hybridized carbons (Fsp3) is 0.913. The maximum atomic E-state index is 12.8. The van der Waals surface area contributed by atoms with Gasteiger partial charge in [0.1, 0.15) is 12.2 Å². The molecule has 2 N–H and O–H groups in total. The van der Waals surface area contributed by atoms with Crippen molar-refractivity contribution in [2.24, 2.45) is 0 Å². The molecule has 0 aromatic rings. The maximum Gasteiger partial charge on any atom is 0.324 e. The molecule has 6 nitrogen and oxygen atoms in total. The minimum Gasteiger partial charge on any atom is -0.462 e. The van der Waals surface area contributed by atoms with E-state index in [0.717, 1.165) is 25.7 Å². The van der Waals surface area contributed by atoms with Crippen LogP contribution in [0.3, 0.4) is 0 Å². The molecule has 2 aliphatic heterocycles. The Bertz CT molecular complexity index is 613. The summed E-state index contributed by atoms with van der Waals surface area (Å²) >= 11 is 0. The minimum absolute atomic E-state index is 0.0898. The van der Waals surface area contributed by atoms with Crippen molar-refractivity contribution < 1.29 is 19.1 Å². The summed E-state index contributed by atoms with van der Waals surface area (Å²) in [6.07, 6.45) is 3.39. The lowest BCUT2D eigenvalue weighted by atomic mass is 9.81. The second-order valence-electron chi connectivity index (χ2n) is 11.8. The van der Waals surface area contributed by atoms with Gasteiger partial charge in [-0.05, 0) is 61.8 Å². The van der Waals surface area contributed by atoms with E-state index in [1.807, 2.05) is 6.92 Å². The fourth-order valence-electron chi connectivity index (χ4n) is 5.53. The fourth-order valence-corrected chi connectivity index (χ4v) is 6.43. The van der Waals surface area contributed by atoms with Crippen LogP contribution in [0.25, 0.3) is 0 Å². The van der Waals surface area contributed by atoms with Crippen LogP contribution in [0, 0.1) is 0 Å². The number of hydrogen-bond donors (Lipinski definition) is 2. The molecule has 2 heterocycles. The van der Waals surface area contributed by atoms with Gasteiger partial charge in [0, 0.05) is 56.4 Å². The quantitative estimate of drug-likeness (QED) is 0.457. The Morgan fingerprint density at radius 1 is 0.800 bits per heavy atom. The normalized spacial score (nSPS) is 27.0. The molecule has 2 aliphatic rings. The van der Waals surface area contributed by atoms with Gasteiger partial charge in [-0.2, -0.15) is 0 Å². The van der Waals surface area contributed by atoms with E-state index in [1.165, 1.54) is 0 Å². The second kappa shape index (κ2) is 9.03. The zero-order valence-electron chi connectivity index (χ0n) is 20.4. The van der Waals surface area contributed by atoms with Crippen LogP contribution < -0.4 is 10.6 Å². The molecule has 2 atom stereocenters. The number of ether oxygens (including phenoxy) is 2. The zero-order chi connectivity index (χ0) is 23.0. The first-order valence-electron chi connectivity index (χ1n) is 11.3. The lowest BCUT2D eigenvalue weighted by Gasteiger charge is -2.46. The van der Waals surface area contributed by atoms with Gasteiger partial charge in [-0.15, -0.1) is 0 Å². The predicted molar refractivity (Wildman–Crippen MR) is 124 cm³/mol. The monoisotopic (exact) mass is 442 g/mol. The average molecular weight is 443 g/mol. The lowest BCUT2D eigenvalue weighted by molar-refractivity contribution is -0.152. The molecule has 0 spiro atoms. The Morgan fingerprint density at radius 2 is 1.17 bits per heavy atom. The van der Waals surface area contributed by atoms with Crippen LogP contribution in [0.2, 0.25) is 0 Å². The first-order valence-corrected chi connectivity index (χ1v) is 12.4. The molecule has 0 aromatic carbocycles. The van der Waals surface area contributed by atoms with Crippen molar-refractivity contribution in [1.29, 1.82) is 0 Å². The largest absolute Gasteiger partial charge is 0.462 e. The van der Waals surface area contributed by atoms with E-state index in [4.69, 9.17) is 9.47 Å². The molecule has 7 heteroatoms. The molecule has 174 valence electrons. The van der Waals surface area contributed by atoms with Gasteiger partial charge in [0.25, 0.3) is 0 Å². The molecule has 30 heavy (non-hydrogen) atoms. The van der Waals surface area contributed by atoms with E-state index in [2.05, 4.69) is 66.0 Å². The summed E-state index contributed by atoms with van der Waals surface area (Å²) in [5, 5.41) is 7.20. The first kappa shape index (κ1) is 25.5. The third-order valence-corrected chi connectivity index (χ3v) is 7.19. The average Bonchev–Trinajstić information content (AvgIpc) is 2.45. The Kier molecular flexibility index (Phi) is 7.69. The van der Waals surface area contributed by atoms with Crippen molar-refractivity contribution in [3.05, 3.63) is 0 Å².